The van der Waals surface area contributed by atoms with Gasteiger partial charge in [-0.05, 0) is 63.8 Å². The predicted molar refractivity (Wildman–Crippen MR) is 131 cm³/mol. The lowest BCUT2D eigenvalue weighted by molar-refractivity contribution is 0.323. The van der Waals surface area contributed by atoms with Gasteiger partial charge in [-0.2, -0.15) is 0 Å². The molecule has 168 valence electrons. The number of rotatable bonds is 10. The Kier molecular flexibility index (Phi) is 9.45. The van der Waals surface area contributed by atoms with Gasteiger partial charge in [-0.1, -0.05) is 25.2 Å². The Balaban J connectivity index is 2.25. The lowest BCUT2D eigenvalue weighted by Gasteiger charge is -2.21. The highest BCUT2D eigenvalue weighted by Gasteiger charge is 2.18. The van der Waals surface area contributed by atoms with E-state index in [-0.39, 0.29) is 6.04 Å². The van der Waals surface area contributed by atoms with Gasteiger partial charge in [0.2, 0.25) is 5.75 Å². The molecule has 0 spiro atoms. The van der Waals surface area contributed by atoms with Gasteiger partial charge in [-0.25, -0.2) is 0 Å². The van der Waals surface area contributed by atoms with E-state index in [2.05, 4.69) is 28.2 Å². The molecule has 0 aliphatic carbocycles. The molecule has 2 aromatic rings. The van der Waals surface area contributed by atoms with Crippen molar-refractivity contribution in [3.8, 4) is 28.7 Å². The average Bonchev–Trinajstić information content (AvgIpc) is 2.80. The Morgan fingerprint density at radius 1 is 0.935 bits per heavy atom. The Bertz CT molecular complexity index is 923. The molecule has 0 heterocycles. The molecule has 6 nitrogen and oxygen atoms in total. The van der Waals surface area contributed by atoms with Crippen molar-refractivity contribution in [2.75, 3.05) is 35.5 Å². The normalized spacial score (nSPS) is 11.7. The number of hydrogen-bond donors (Lipinski definition) is 1. The number of nitrogens with one attached hydrogen (secondary N) is 1. The zero-order valence-electron chi connectivity index (χ0n) is 18.6. The molecule has 2 aromatic carbocycles. The molecule has 0 saturated carbocycles. The van der Waals surface area contributed by atoms with Gasteiger partial charge >= 0.3 is 0 Å². The molecule has 0 saturated heterocycles. The third-order valence-electron chi connectivity index (χ3n) is 4.74. The number of ether oxygens (including phenoxy) is 5. The molecule has 2 rings (SSSR count). The van der Waals surface area contributed by atoms with Crippen LogP contribution in [0.1, 0.15) is 30.5 Å². The number of hydrogen-bond acceptors (Lipinski definition) is 6. The van der Waals surface area contributed by atoms with E-state index in [1.165, 1.54) is 0 Å². The Morgan fingerprint density at radius 2 is 1.52 bits per heavy atom. The van der Waals surface area contributed by atoms with E-state index in [1.54, 1.807) is 35.5 Å². The molecule has 0 amide bonds. The first-order chi connectivity index (χ1) is 14.9. The van der Waals surface area contributed by atoms with Crippen LogP contribution in [0.15, 0.2) is 34.8 Å². The summed E-state index contributed by atoms with van der Waals surface area (Å²) in [4.78, 5) is 0.599. The SMILES string of the molecule is CCC(NC(=S)/C=C/c1ccc(OC)c(OC)c1Br)c1cc(OC)c(OC)c(OC)c1. The second kappa shape index (κ2) is 11.8. The Morgan fingerprint density at radius 3 is 2.00 bits per heavy atom. The van der Waals surface area contributed by atoms with Crippen LogP contribution in [0.4, 0.5) is 0 Å². The molecule has 0 aromatic heterocycles. The molecular formula is C23H28BrNO5S. The Labute approximate surface area is 197 Å². The molecule has 0 radical (unpaired) electrons. The fourth-order valence-electron chi connectivity index (χ4n) is 3.14. The average molecular weight is 510 g/mol. The van der Waals surface area contributed by atoms with E-state index < -0.39 is 0 Å². The highest BCUT2D eigenvalue weighted by Crippen LogP contribution is 2.40. The van der Waals surface area contributed by atoms with E-state index in [9.17, 15) is 0 Å². The second-order valence-corrected chi connectivity index (χ2v) is 7.70. The summed E-state index contributed by atoms with van der Waals surface area (Å²) in [5.41, 5.74) is 1.91. The van der Waals surface area contributed by atoms with Gasteiger partial charge in [-0.3, -0.25) is 0 Å². The smallest absolute Gasteiger partial charge is 0.203 e. The molecule has 8 heteroatoms. The van der Waals surface area contributed by atoms with Crippen LogP contribution in [0.25, 0.3) is 6.08 Å². The van der Waals surface area contributed by atoms with Crippen LogP contribution < -0.4 is 29.0 Å². The van der Waals surface area contributed by atoms with E-state index >= 15 is 0 Å². The van der Waals surface area contributed by atoms with Gasteiger partial charge in [0.15, 0.2) is 23.0 Å². The summed E-state index contributed by atoms with van der Waals surface area (Å²) in [7, 11) is 7.99. The lowest BCUT2D eigenvalue weighted by atomic mass is 10.0. The van der Waals surface area contributed by atoms with E-state index in [4.69, 9.17) is 35.9 Å². The van der Waals surface area contributed by atoms with E-state index in [1.807, 2.05) is 36.4 Å². The minimum atomic E-state index is -0.0281. The van der Waals surface area contributed by atoms with Crippen molar-refractivity contribution in [1.29, 1.82) is 0 Å². The quantitative estimate of drug-likeness (QED) is 0.331. The maximum atomic E-state index is 5.56. The molecule has 0 aliphatic rings. The topological polar surface area (TPSA) is 58.2 Å². The third-order valence-corrected chi connectivity index (χ3v) is 5.82. The summed E-state index contributed by atoms with van der Waals surface area (Å²) >= 11 is 9.13. The highest BCUT2D eigenvalue weighted by molar-refractivity contribution is 9.10. The van der Waals surface area contributed by atoms with Crippen molar-refractivity contribution in [1.82, 2.24) is 5.32 Å². The zero-order valence-corrected chi connectivity index (χ0v) is 21.0. The molecule has 1 N–H and O–H groups in total. The first-order valence-electron chi connectivity index (χ1n) is 9.62. The molecule has 0 bridgehead atoms. The van der Waals surface area contributed by atoms with Gasteiger partial charge in [-0.15, -0.1) is 0 Å². The van der Waals surface area contributed by atoms with Crippen molar-refractivity contribution in [2.24, 2.45) is 0 Å². The fraction of sp³-hybridized carbons (Fsp3) is 0.348. The summed E-state index contributed by atoms with van der Waals surface area (Å²) in [6.45, 7) is 2.08. The van der Waals surface area contributed by atoms with Crippen LogP contribution in [0.2, 0.25) is 0 Å². The van der Waals surface area contributed by atoms with Crippen molar-refractivity contribution in [3.63, 3.8) is 0 Å². The van der Waals surface area contributed by atoms with Crippen LogP contribution in [-0.4, -0.2) is 40.5 Å². The lowest BCUT2D eigenvalue weighted by Crippen LogP contribution is -2.25. The summed E-state index contributed by atoms with van der Waals surface area (Å²) in [6, 6.07) is 7.62. The molecule has 0 fully saturated rings. The molecule has 1 atom stereocenters. The van der Waals surface area contributed by atoms with Gasteiger partial charge in [0.05, 0.1) is 51.1 Å². The first-order valence-corrected chi connectivity index (χ1v) is 10.8. The standard InChI is InChI=1S/C23H28BrNO5S/c1-7-16(15-12-18(27-3)22(29-5)19(13-15)28-4)25-20(31)11-9-14-8-10-17(26-2)23(30-6)21(14)24/h8-13,16H,7H2,1-6H3,(H,25,31)/b11-9+. The van der Waals surface area contributed by atoms with E-state index in [0.717, 1.165) is 22.0 Å². The number of methoxy groups -OCH3 is 5. The molecule has 31 heavy (non-hydrogen) atoms. The highest BCUT2D eigenvalue weighted by atomic mass is 79.9. The van der Waals surface area contributed by atoms with Crippen LogP contribution in [-0.2, 0) is 0 Å². The molecule has 0 aliphatic heterocycles. The minimum Gasteiger partial charge on any atom is -0.493 e. The van der Waals surface area contributed by atoms with E-state index in [0.29, 0.717) is 33.7 Å². The van der Waals surface area contributed by atoms with Gasteiger partial charge < -0.3 is 29.0 Å². The fourth-order valence-corrected chi connectivity index (χ4v) is 3.97. The Hall–Kier alpha value is -2.45. The zero-order chi connectivity index (χ0) is 23.0. The second-order valence-electron chi connectivity index (χ2n) is 6.47. The minimum absolute atomic E-state index is 0.0281. The number of benzene rings is 2. The first kappa shape index (κ1) is 24.8. The monoisotopic (exact) mass is 509 g/mol. The van der Waals surface area contributed by atoms with Gasteiger partial charge in [0.25, 0.3) is 0 Å². The summed E-state index contributed by atoms with van der Waals surface area (Å²) in [5, 5.41) is 3.39. The molecule has 1 unspecified atom stereocenters. The molecular weight excluding hydrogens is 482 g/mol. The van der Waals surface area contributed by atoms with Crippen molar-refractivity contribution in [2.45, 2.75) is 19.4 Å². The van der Waals surface area contributed by atoms with Crippen LogP contribution in [0.5, 0.6) is 28.7 Å². The van der Waals surface area contributed by atoms with Crippen molar-refractivity contribution >= 4 is 39.2 Å². The number of halogens is 1. The largest absolute Gasteiger partial charge is 0.493 e. The maximum Gasteiger partial charge on any atom is 0.203 e. The van der Waals surface area contributed by atoms with Crippen molar-refractivity contribution in [3.05, 3.63) is 45.9 Å². The predicted octanol–water partition coefficient (Wildman–Crippen LogP) is 5.57. The number of thiocarbonyl (C=S) groups is 1. The summed E-state index contributed by atoms with van der Waals surface area (Å²) in [5.74, 6) is 3.05. The maximum absolute atomic E-state index is 5.56. The third kappa shape index (κ3) is 5.83. The summed E-state index contributed by atoms with van der Waals surface area (Å²) < 4.78 is 27.9. The summed E-state index contributed by atoms with van der Waals surface area (Å²) in [6.07, 6.45) is 4.58. The van der Waals surface area contributed by atoms with Gasteiger partial charge in [0, 0.05) is 0 Å². The van der Waals surface area contributed by atoms with Crippen molar-refractivity contribution < 1.29 is 23.7 Å². The van der Waals surface area contributed by atoms with Crippen LogP contribution in [0, 0.1) is 0 Å². The van der Waals surface area contributed by atoms with Crippen LogP contribution >= 0.6 is 28.1 Å². The van der Waals surface area contributed by atoms with Crippen LogP contribution in [0.3, 0.4) is 0 Å². The van der Waals surface area contributed by atoms with Gasteiger partial charge in [0.1, 0.15) is 0 Å².